The maximum absolute atomic E-state index is 12.1. The van der Waals surface area contributed by atoms with E-state index in [1.54, 1.807) is 7.05 Å². The average Bonchev–Trinajstić information content (AvgIpc) is 2.82. The van der Waals surface area contributed by atoms with Crippen LogP contribution in [-0.2, 0) is 9.59 Å². The summed E-state index contributed by atoms with van der Waals surface area (Å²) in [6.07, 6.45) is 0.755. The molecule has 1 heterocycles. The SMILES string of the molecule is CN1CC(=O)N(CCCC(=O)NCC(c2ccccc2)N(C)C)C1=O. The van der Waals surface area contributed by atoms with E-state index in [1.165, 1.54) is 9.80 Å². The van der Waals surface area contributed by atoms with Gasteiger partial charge in [0.05, 0.1) is 6.04 Å². The number of nitrogens with one attached hydrogen (secondary N) is 1. The van der Waals surface area contributed by atoms with E-state index >= 15 is 0 Å². The van der Waals surface area contributed by atoms with Crippen LogP contribution < -0.4 is 5.32 Å². The first-order valence-corrected chi connectivity index (χ1v) is 8.43. The van der Waals surface area contributed by atoms with E-state index < -0.39 is 0 Å². The lowest BCUT2D eigenvalue weighted by Crippen LogP contribution is -2.36. The summed E-state index contributed by atoms with van der Waals surface area (Å²) in [4.78, 5) is 40.2. The lowest BCUT2D eigenvalue weighted by atomic mass is 10.1. The van der Waals surface area contributed by atoms with Crippen LogP contribution in [0.2, 0.25) is 0 Å². The van der Waals surface area contributed by atoms with Crippen LogP contribution in [0.5, 0.6) is 0 Å². The molecule has 1 aromatic carbocycles. The molecule has 0 aliphatic carbocycles. The van der Waals surface area contributed by atoms with Crippen molar-refractivity contribution in [2.75, 3.05) is 40.8 Å². The molecule has 0 bridgehead atoms. The molecule has 1 saturated heterocycles. The Bertz CT molecular complexity index is 618. The topological polar surface area (TPSA) is 73.0 Å². The molecule has 136 valence electrons. The van der Waals surface area contributed by atoms with Crippen LogP contribution in [0.3, 0.4) is 0 Å². The summed E-state index contributed by atoms with van der Waals surface area (Å²) in [5.41, 5.74) is 1.14. The van der Waals surface area contributed by atoms with Crippen molar-refractivity contribution < 1.29 is 14.4 Å². The quantitative estimate of drug-likeness (QED) is 0.715. The molecule has 2 rings (SSSR count). The van der Waals surface area contributed by atoms with Crippen molar-refractivity contribution in [3.8, 4) is 0 Å². The lowest BCUT2D eigenvalue weighted by molar-refractivity contribution is -0.126. The molecule has 1 unspecified atom stereocenters. The van der Waals surface area contributed by atoms with Crippen molar-refractivity contribution in [2.45, 2.75) is 18.9 Å². The van der Waals surface area contributed by atoms with Crippen LogP contribution in [-0.4, -0.2) is 73.3 Å². The van der Waals surface area contributed by atoms with Crippen molar-refractivity contribution in [1.29, 1.82) is 0 Å². The van der Waals surface area contributed by atoms with Crippen molar-refractivity contribution >= 4 is 17.8 Å². The van der Waals surface area contributed by atoms with Gasteiger partial charge in [0.25, 0.3) is 0 Å². The number of benzene rings is 1. The van der Waals surface area contributed by atoms with Crippen LogP contribution in [0.1, 0.15) is 24.4 Å². The molecule has 1 aliphatic rings. The zero-order valence-corrected chi connectivity index (χ0v) is 15.1. The van der Waals surface area contributed by atoms with Gasteiger partial charge < -0.3 is 15.1 Å². The Morgan fingerprint density at radius 2 is 1.92 bits per heavy atom. The predicted molar refractivity (Wildman–Crippen MR) is 94.9 cm³/mol. The molecule has 0 spiro atoms. The molecule has 7 heteroatoms. The molecule has 1 N–H and O–H groups in total. The van der Waals surface area contributed by atoms with E-state index in [4.69, 9.17) is 0 Å². The van der Waals surface area contributed by atoms with Gasteiger partial charge >= 0.3 is 6.03 Å². The predicted octanol–water partition coefficient (Wildman–Crippen LogP) is 1.08. The lowest BCUT2D eigenvalue weighted by Gasteiger charge is -2.25. The first-order valence-electron chi connectivity index (χ1n) is 8.43. The maximum Gasteiger partial charge on any atom is 0.326 e. The second kappa shape index (κ2) is 8.62. The van der Waals surface area contributed by atoms with Gasteiger partial charge in [-0.05, 0) is 26.1 Å². The van der Waals surface area contributed by atoms with E-state index in [0.717, 1.165) is 5.56 Å². The number of hydrogen-bond acceptors (Lipinski definition) is 4. The normalized spacial score (nSPS) is 15.8. The van der Waals surface area contributed by atoms with E-state index in [0.29, 0.717) is 13.0 Å². The number of nitrogens with zero attached hydrogens (tertiary/aromatic N) is 3. The largest absolute Gasteiger partial charge is 0.354 e. The molecule has 25 heavy (non-hydrogen) atoms. The Morgan fingerprint density at radius 1 is 1.24 bits per heavy atom. The summed E-state index contributed by atoms with van der Waals surface area (Å²) in [5.74, 6) is -0.278. The Hall–Kier alpha value is -2.41. The highest BCUT2D eigenvalue weighted by atomic mass is 16.2. The van der Waals surface area contributed by atoms with E-state index in [9.17, 15) is 14.4 Å². The number of hydrogen-bond donors (Lipinski definition) is 1. The average molecular weight is 346 g/mol. The highest BCUT2D eigenvalue weighted by Gasteiger charge is 2.32. The Morgan fingerprint density at radius 3 is 2.48 bits per heavy atom. The van der Waals surface area contributed by atoms with Crippen LogP contribution in [0.15, 0.2) is 30.3 Å². The van der Waals surface area contributed by atoms with Crippen molar-refractivity contribution in [1.82, 2.24) is 20.0 Å². The monoisotopic (exact) mass is 346 g/mol. The Labute approximate surface area is 148 Å². The van der Waals surface area contributed by atoms with Gasteiger partial charge in [0.15, 0.2) is 0 Å². The van der Waals surface area contributed by atoms with Crippen LogP contribution in [0.25, 0.3) is 0 Å². The third-order valence-corrected chi connectivity index (χ3v) is 4.32. The summed E-state index contributed by atoms with van der Waals surface area (Å²) in [7, 11) is 5.55. The summed E-state index contributed by atoms with van der Waals surface area (Å²) >= 11 is 0. The third-order valence-electron chi connectivity index (χ3n) is 4.32. The van der Waals surface area contributed by atoms with Crippen LogP contribution in [0, 0.1) is 0 Å². The molecule has 1 aliphatic heterocycles. The number of carbonyl (C=O) groups is 3. The summed E-state index contributed by atoms with van der Waals surface area (Å²) in [5, 5.41) is 2.94. The number of amides is 4. The fourth-order valence-electron chi connectivity index (χ4n) is 2.86. The molecule has 0 saturated carbocycles. The molecule has 0 radical (unpaired) electrons. The first kappa shape index (κ1) is 18.9. The maximum atomic E-state index is 12.1. The minimum Gasteiger partial charge on any atom is -0.354 e. The fourth-order valence-corrected chi connectivity index (χ4v) is 2.86. The minimum absolute atomic E-state index is 0.0739. The van der Waals surface area contributed by atoms with Gasteiger partial charge in [0.2, 0.25) is 11.8 Å². The van der Waals surface area contributed by atoms with E-state index in [1.807, 2.05) is 44.4 Å². The van der Waals surface area contributed by atoms with Crippen molar-refractivity contribution in [2.24, 2.45) is 0 Å². The summed E-state index contributed by atoms with van der Waals surface area (Å²) < 4.78 is 0. The molecule has 1 atom stereocenters. The molecule has 7 nitrogen and oxygen atoms in total. The molecule has 4 amide bonds. The second-order valence-corrected chi connectivity index (χ2v) is 6.48. The van der Waals surface area contributed by atoms with Crippen molar-refractivity contribution in [3.63, 3.8) is 0 Å². The van der Waals surface area contributed by atoms with Gasteiger partial charge in [-0.3, -0.25) is 14.5 Å². The molecular formula is C18H26N4O3. The fraction of sp³-hybridized carbons (Fsp3) is 0.500. The second-order valence-electron chi connectivity index (χ2n) is 6.48. The van der Waals surface area contributed by atoms with Crippen molar-refractivity contribution in [3.05, 3.63) is 35.9 Å². The third kappa shape index (κ3) is 5.03. The highest BCUT2D eigenvalue weighted by molar-refractivity contribution is 6.01. The van der Waals surface area contributed by atoms with Gasteiger partial charge in [-0.2, -0.15) is 0 Å². The van der Waals surface area contributed by atoms with E-state index in [-0.39, 0.29) is 43.4 Å². The van der Waals surface area contributed by atoms with Gasteiger partial charge in [-0.1, -0.05) is 30.3 Å². The number of likely N-dealkylation sites (N-methyl/N-ethyl adjacent to an activating group) is 2. The summed E-state index contributed by atoms with van der Waals surface area (Å²) in [6, 6.07) is 9.81. The summed E-state index contributed by atoms with van der Waals surface area (Å²) in [6.45, 7) is 0.915. The van der Waals surface area contributed by atoms with Gasteiger partial charge in [-0.25, -0.2) is 4.79 Å². The van der Waals surface area contributed by atoms with E-state index in [2.05, 4.69) is 10.2 Å². The first-order chi connectivity index (χ1) is 11.9. The zero-order valence-electron chi connectivity index (χ0n) is 15.1. The number of urea groups is 1. The molecule has 1 fully saturated rings. The van der Waals surface area contributed by atoms with Crippen LogP contribution >= 0.6 is 0 Å². The van der Waals surface area contributed by atoms with Gasteiger partial charge in [0, 0.05) is 26.6 Å². The number of carbonyl (C=O) groups excluding carboxylic acids is 3. The number of rotatable bonds is 8. The van der Waals surface area contributed by atoms with Gasteiger partial charge in [0.1, 0.15) is 6.54 Å². The van der Waals surface area contributed by atoms with Gasteiger partial charge in [-0.15, -0.1) is 0 Å². The zero-order chi connectivity index (χ0) is 18.4. The molecule has 1 aromatic rings. The standard InChI is InChI=1S/C18H26N4O3/c1-20(2)15(14-8-5-4-6-9-14)12-19-16(23)10-7-11-22-17(24)13-21(3)18(22)25/h4-6,8-9,15H,7,10-13H2,1-3H3,(H,19,23). The van der Waals surface area contributed by atoms with Crippen LogP contribution in [0.4, 0.5) is 4.79 Å². The highest BCUT2D eigenvalue weighted by Crippen LogP contribution is 2.16. The smallest absolute Gasteiger partial charge is 0.326 e. The Kier molecular flexibility index (Phi) is 6.52. The number of imide groups is 1. The minimum atomic E-state index is -0.290. The Balaban J connectivity index is 1.76. The molecule has 0 aromatic heterocycles. The molecular weight excluding hydrogens is 320 g/mol.